The zero-order valence-electron chi connectivity index (χ0n) is 12.2. The third kappa shape index (κ3) is 3.00. The number of piperidine rings is 2. The summed E-state index contributed by atoms with van der Waals surface area (Å²) in [5.74, 6) is 0.576. The average Bonchev–Trinajstić information content (AvgIpc) is 3.16. The summed E-state index contributed by atoms with van der Waals surface area (Å²) in [6.07, 6.45) is 5.48. The third-order valence-corrected chi connectivity index (χ3v) is 5.46. The number of nitrogens with one attached hydrogen (secondary N) is 2. The van der Waals surface area contributed by atoms with Gasteiger partial charge in [-0.05, 0) is 50.6 Å². The van der Waals surface area contributed by atoms with E-state index in [-0.39, 0.29) is 12.5 Å². The maximum Gasteiger partial charge on any atom is 0.223 e. The molecule has 0 aromatic rings. The molecule has 1 saturated carbocycles. The SMILES string of the molecule is O=C(NC1CCN(CCO)CC1)[C@H]1CC12CCNCC2. The van der Waals surface area contributed by atoms with Crippen LogP contribution in [0.3, 0.4) is 0 Å². The number of likely N-dealkylation sites (tertiary alicyclic amines) is 1. The number of aliphatic hydroxyl groups is 1. The molecule has 114 valence electrons. The lowest BCUT2D eigenvalue weighted by atomic mass is 9.91. The molecule has 0 bridgehead atoms. The first-order valence-electron chi connectivity index (χ1n) is 8.08. The highest BCUT2D eigenvalue weighted by molar-refractivity contribution is 5.82. The molecular formula is C15H27N3O2. The van der Waals surface area contributed by atoms with E-state index in [9.17, 15) is 4.79 Å². The van der Waals surface area contributed by atoms with Crippen molar-refractivity contribution in [3.8, 4) is 0 Å². The largest absolute Gasteiger partial charge is 0.395 e. The molecule has 2 aliphatic heterocycles. The van der Waals surface area contributed by atoms with Crippen molar-refractivity contribution in [2.75, 3.05) is 39.3 Å². The predicted octanol–water partition coefficient (Wildman–Crippen LogP) is -0.0510. The van der Waals surface area contributed by atoms with E-state index >= 15 is 0 Å². The van der Waals surface area contributed by atoms with Gasteiger partial charge < -0.3 is 20.6 Å². The first kappa shape index (κ1) is 14.3. The molecule has 3 fully saturated rings. The Morgan fingerprint density at radius 2 is 2.00 bits per heavy atom. The Bertz CT molecular complexity index is 347. The minimum Gasteiger partial charge on any atom is -0.395 e. The number of carbonyl (C=O) groups excluding carboxylic acids is 1. The van der Waals surface area contributed by atoms with Gasteiger partial charge in [-0.2, -0.15) is 0 Å². The van der Waals surface area contributed by atoms with Crippen LogP contribution in [-0.4, -0.2) is 61.3 Å². The second kappa shape index (κ2) is 6.00. The highest BCUT2D eigenvalue weighted by atomic mass is 16.3. The van der Waals surface area contributed by atoms with Crippen molar-refractivity contribution in [1.82, 2.24) is 15.5 Å². The van der Waals surface area contributed by atoms with E-state index in [0.29, 0.717) is 17.4 Å². The summed E-state index contributed by atoms with van der Waals surface area (Å²) in [4.78, 5) is 14.6. The number of β-amino-alcohol motifs (C(OH)–C–C–N with tert-alkyl or cyclic N) is 1. The fraction of sp³-hybridized carbons (Fsp3) is 0.933. The van der Waals surface area contributed by atoms with Crippen LogP contribution < -0.4 is 10.6 Å². The Hall–Kier alpha value is -0.650. The summed E-state index contributed by atoms with van der Waals surface area (Å²) in [5.41, 5.74) is 0.340. The highest BCUT2D eigenvalue weighted by Crippen LogP contribution is 2.58. The van der Waals surface area contributed by atoms with Gasteiger partial charge in [-0.3, -0.25) is 4.79 Å². The topological polar surface area (TPSA) is 64.6 Å². The molecule has 0 aromatic heterocycles. The third-order valence-electron chi connectivity index (χ3n) is 5.46. The van der Waals surface area contributed by atoms with Gasteiger partial charge in [0.1, 0.15) is 0 Å². The van der Waals surface area contributed by atoms with E-state index < -0.39 is 0 Å². The molecule has 0 aromatic carbocycles. The highest BCUT2D eigenvalue weighted by Gasteiger charge is 2.57. The summed E-state index contributed by atoms with van der Waals surface area (Å²) in [6.45, 7) is 5.12. The van der Waals surface area contributed by atoms with E-state index in [2.05, 4.69) is 15.5 Å². The fourth-order valence-electron chi connectivity index (χ4n) is 3.94. The molecule has 3 rings (SSSR count). The normalized spacial score (nSPS) is 30.4. The van der Waals surface area contributed by atoms with Crippen LogP contribution in [0.15, 0.2) is 0 Å². The average molecular weight is 281 g/mol. The molecule has 0 unspecified atom stereocenters. The molecule has 2 heterocycles. The van der Waals surface area contributed by atoms with Crippen LogP contribution >= 0.6 is 0 Å². The van der Waals surface area contributed by atoms with E-state index in [4.69, 9.17) is 5.11 Å². The Morgan fingerprint density at radius 1 is 1.30 bits per heavy atom. The Kier molecular flexibility index (Phi) is 4.29. The van der Waals surface area contributed by atoms with E-state index in [0.717, 1.165) is 52.0 Å². The molecular weight excluding hydrogens is 254 g/mol. The molecule has 5 nitrogen and oxygen atoms in total. The molecule has 2 saturated heterocycles. The summed E-state index contributed by atoms with van der Waals surface area (Å²) in [7, 11) is 0. The lowest BCUT2D eigenvalue weighted by molar-refractivity contribution is -0.124. The molecule has 20 heavy (non-hydrogen) atoms. The number of hydrogen-bond donors (Lipinski definition) is 3. The Balaban J connectivity index is 1.42. The number of carbonyl (C=O) groups is 1. The van der Waals surface area contributed by atoms with Crippen molar-refractivity contribution in [3.05, 3.63) is 0 Å². The van der Waals surface area contributed by atoms with Crippen molar-refractivity contribution in [1.29, 1.82) is 0 Å². The van der Waals surface area contributed by atoms with Crippen molar-refractivity contribution in [3.63, 3.8) is 0 Å². The molecule has 0 radical (unpaired) electrons. The zero-order chi connectivity index (χ0) is 14.0. The van der Waals surface area contributed by atoms with Crippen molar-refractivity contribution in [2.45, 2.75) is 38.1 Å². The summed E-state index contributed by atoms with van der Waals surface area (Å²) < 4.78 is 0. The molecule has 5 heteroatoms. The number of nitrogens with zero attached hydrogens (tertiary/aromatic N) is 1. The maximum atomic E-state index is 12.4. The molecule has 3 N–H and O–H groups in total. The predicted molar refractivity (Wildman–Crippen MR) is 77.3 cm³/mol. The first-order valence-corrected chi connectivity index (χ1v) is 8.08. The van der Waals surface area contributed by atoms with Gasteiger partial charge in [-0.25, -0.2) is 0 Å². The second-order valence-electron chi connectivity index (χ2n) is 6.72. The summed E-state index contributed by atoms with van der Waals surface area (Å²) >= 11 is 0. The zero-order valence-corrected chi connectivity index (χ0v) is 12.2. The molecule has 1 spiro atoms. The monoisotopic (exact) mass is 281 g/mol. The lowest BCUT2D eigenvalue weighted by Gasteiger charge is -2.32. The smallest absolute Gasteiger partial charge is 0.223 e. The minimum absolute atomic E-state index is 0.232. The van der Waals surface area contributed by atoms with Crippen LogP contribution in [0.25, 0.3) is 0 Å². The molecule has 1 amide bonds. The lowest BCUT2D eigenvalue weighted by Crippen LogP contribution is -2.46. The van der Waals surface area contributed by atoms with Gasteiger partial charge in [-0.15, -0.1) is 0 Å². The number of rotatable bonds is 4. The number of hydrogen-bond acceptors (Lipinski definition) is 4. The van der Waals surface area contributed by atoms with Gasteiger partial charge >= 0.3 is 0 Å². The van der Waals surface area contributed by atoms with Crippen LogP contribution in [-0.2, 0) is 4.79 Å². The van der Waals surface area contributed by atoms with Gasteiger partial charge in [-0.1, -0.05) is 0 Å². The fourth-order valence-corrected chi connectivity index (χ4v) is 3.94. The van der Waals surface area contributed by atoms with Crippen LogP contribution in [0.5, 0.6) is 0 Å². The van der Waals surface area contributed by atoms with Crippen molar-refractivity contribution >= 4 is 5.91 Å². The Morgan fingerprint density at radius 3 is 2.65 bits per heavy atom. The van der Waals surface area contributed by atoms with Crippen LogP contribution in [0.1, 0.15) is 32.1 Å². The molecule has 3 aliphatic rings. The van der Waals surface area contributed by atoms with E-state index in [1.807, 2.05) is 0 Å². The quantitative estimate of drug-likeness (QED) is 0.676. The van der Waals surface area contributed by atoms with Gasteiger partial charge in [0.05, 0.1) is 6.61 Å². The van der Waals surface area contributed by atoms with Crippen LogP contribution in [0, 0.1) is 11.3 Å². The van der Waals surface area contributed by atoms with Gasteiger partial charge in [0, 0.05) is 31.6 Å². The minimum atomic E-state index is 0.232. The van der Waals surface area contributed by atoms with Crippen LogP contribution in [0.4, 0.5) is 0 Å². The number of amides is 1. The molecule has 1 aliphatic carbocycles. The van der Waals surface area contributed by atoms with Crippen molar-refractivity contribution in [2.24, 2.45) is 11.3 Å². The standard InChI is InChI=1S/C15H27N3O2/c19-10-9-18-7-1-12(2-8-18)17-14(20)13-11-15(13)3-5-16-6-4-15/h12-13,16,19H,1-11H2,(H,17,20)/t13-/m1/s1. The Labute approximate surface area is 121 Å². The summed E-state index contributed by atoms with van der Waals surface area (Å²) in [6, 6.07) is 0.344. The van der Waals surface area contributed by atoms with Gasteiger partial charge in [0.15, 0.2) is 0 Å². The molecule has 1 atom stereocenters. The van der Waals surface area contributed by atoms with E-state index in [1.54, 1.807) is 0 Å². The maximum absolute atomic E-state index is 12.4. The second-order valence-corrected chi connectivity index (χ2v) is 6.72. The number of aliphatic hydroxyl groups excluding tert-OH is 1. The summed E-state index contributed by atoms with van der Waals surface area (Å²) in [5, 5.41) is 15.6. The van der Waals surface area contributed by atoms with E-state index in [1.165, 1.54) is 12.8 Å². The van der Waals surface area contributed by atoms with Crippen LogP contribution in [0.2, 0.25) is 0 Å². The first-order chi connectivity index (χ1) is 9.73. The van der Waals surface area contributed by atoms with Gasteiger partial charge in [0.25, 0.3) is 0 Å². The van der Waals surface area contributed by atoms with Gasteiger partial charge in [0.2, 0.25) is 5.91 Å². The van der Waals surface area contributed by atoms with Crippen molar-refractivity contribution < 1.29 is 9.90 Å².